The Morgan fingerprint density at radius 3 is 2.37 bits per heavy atom. The van der Waals surface area contributed by atoms with Crippen molar-refractivity contribution < 1.29 is 9.59 Å². The highest BCUT2D eigenvalue weighted by molar-refractivity contribution is 6.30. The molecule has 4 nitrogen and oxygen atoms in total. The third kappa shape index (κ3) is 6.48. The number of halogens is 2. The van der Waals surface area contributed by atoms with E-state index < -0.39 is 6.04 Å². The maximum atomic E-state index is 13.2. The average Bonchev–Trinajstić information content (AvgIpc) is 2.73. The van der Waals surface area contributed by atoms with E-state index in [1.807, 2.05) is 24.3 Å². The fourth-order valence-corrected chi connectivity index (χ4v) is 4.20. The van der Waals surface area contributed by atoms with Gasteiger partial charge in [0, 0.05) is 22.6 Å². The van der Waals surface area contributed by atoms with E-state index in [-0.39, 0.29) is 24.3 Å². The van der Waals surface area contributed by atoms with E-state index >= 15 is 0 Å². The van der Waals surface area contributed by atoms with Crippen LogP contribution in [-0.4, -0.2) is 28.8 Å². The van der Waals surface area contributed by atoms with E-state index in [1.165, 1.54) is 6.42 Å². The molecule has 2 aromatic carbocycles. The van der Waals surface area contributed by atoms with Crippen molar-refractivity contribution in [2.45, 2.75) is 64.1 Å². The first-order valence-corrected chi connectivity index (χ1v) is 11.3. The highest BCUT2D eigenvalue weighted by Gasteiger charge is 2.28. The second kappa shape index (κ2) is 10.8. The molecule has 1 N–H and O–H groups in total. The summed E-state index contributed by atoms with van der Waals surface area (Å²) < 4.78 is 0. The highest BCUT2D eigenvalue weighted by atomic mass is 35.5. The summed E-state index contributed by atoms with van der Waals surface area (Å²) in [5.74, 6) is -0.214. The van der Waals surface area contributed by atoms with Crippen LogP contribution in [0.3, 0.4) is 0 Å². The Morgan fingerprint density at radius 1 is 1.00 bits per heavy atom. The van der Waals surface area contributed by atoms with Crippen LogP contribution in [0.25, 0.3) is 0 Å². The molecule has 0 heterocycles. The largest absolute Gasteiger partial charge is 0.352 e. The minimum atomic E-state index is -0.575. The first kappa shape index (κ1) is 22.6. The zero-order valence-electron chi connectivity index (χ0n) is 17.2. The summed E-state index contributed by atoms with van der Waals surface area (Å²) in [7, 11) is 0. The van der Waals surface area contributed by atoms with E-state index in [2.05, 4.69) is 5.32 Å². The number of hydrogen-bond donors (Lipinski definition) is 1. The lowest BCUT2D eigenvalue weighted by Crippen LogP contribution is -2.50. The highest BCUT2D eigenvalue weighted by Crippen LogP contribution is 2.19. The number of nitrogens with zero attached hydrogens (tertiary/aromatic N) is 1. The molecule has 6 heteroatoms. The van der Waals surface area contributed by atoms with Crippen LogP contribution in [-0.2, 0) is 22.6 Å². The Morgan fingerprint density at radius 2 is 1.70 bits per heavy atom. The Bertz CT molecular complexity index is 864. The fourth-order valence-electron chi connectivity index (χ4n) is 3.86. The van der Waals surface area contributed by atoms with Gasteiger partial charge in [0.2, 0.25) is 11.8 Å². The number of rotatable bonds is 7. The zero-order valence-corrected chi connectivity index (χ0v) is 18.8. The summed E-state index contributed by atoms with van der Waals surface area (Å²) in [6, 6.07) is 14.2. The summed E-state index contributed by atoms with van der Waals surface area (Å²) in [5, 5.41) is 4.37. The van der Waals surface area contributed by atoms with Crippen molar-refractivity contribution in [1.82, 2.24) is 10.2 Å². The Labute approximate surface area is 188 Å². The molecule has 0 aliphatic heterocycles. The van der Waals surface area contributed by atoms with Crippen molar-refractivity contribution in [2.24, 2.45) is 0 Å². The molecular weight excluding hydrogens is 419 g/mol. The predicted molar refractivity (Wildman–Crippen MR) is 122 cm³/mol. The summed E-state index contributed by atoms with van der Waals surface area (Å²) in [6.07, 6.45) is 5.71. The molecule has 30 heavy (non-hydrogen) atoms. The smallest absolute Gasteiger partial charge is 0.242 e. The lowest BCUT2D eigenvalue weighted by molar-refractivity contribution is -0.140. The number of amides is 2. The van der Waals surface area contributed by atoms with Crippen molar-refractivity contribution in [2.75, 3.05) is 0 Å². The maximum Gasteiger partial charge on any atom is 0.242 e. The summed E-state index contributed by atoms with van der Waals surface area (Å²) in [6.45, 7) is 2.14. The van der Waals surface area contributed by atoms with Gasteiger partial charge in [0.05, 0.1) is 6.42 Å². The van der Waals surface area contributed by atoms with Crippen LogP contribution in [0, 0.1) is 0 Å². The van der Waals surface area contributed by atoms with E-state index in [1.54, 1.807) is 36.1 Å². The number of nitrogens with one attached hydrogen (secondary N) is 1. The first-order chi connectivity index (χ1) is 14.4. The average molecular weight is 447 g/mol. The molecule has 1 saturated carbocycles. The van der Waals surface area contributed by atoms with Crippen LogP contribution in [0.2, 0.25) is 10.0 Å². The quantitative estimate of drug-likeness (QED) is 0.618. The van der Waals surface area contributed by atoms with Crippen LogP contribution < -0.4 is 5.32 Å². The molecule has 0 bridgehead atoms. The van der Waals surface area contributed by atoms with Crippen LogP contribution in [0.4, 0.5) is 0 Å². The minimum absolute atomic E-state index is 0.102. The van der Waals surface area contributed by atoms with Crippen molar-refractivity contribution in [3.8, 4) is 0 Å². The number of benzene rings is 2. The fraction of sp³-hybridized carbons (Fsp3) is 0.417. The van der Waals surface area contributed by atoms with Crippen LogP contribution in [0.15, 0.2) is 48.5 Å². The summed E-state index contributed by atoms with van der Waals surface area (Å²) in [4.78, 5) is 27.8. The maximum absolute atomic E-state index is 13.2. The molecule has 160 valence electrons. The van der Waals surface area contributed by atoms with Crippen molar-refractivity contribution in [3.05, 3.63) is 69.7 Å². The van der Waals surface area contributed by atoms with Gasteiger partial charge in [0.1, 0.15) is 6.04 Å². The predicted octanol–water partition coefficient (Wildman–Crippen LogP) is 5.40. The third-order valence-electron chi connectivity index (χ3n) is 5.63. The Balaban J connectivity index is 1.75. The summed E-state index contributed by atoms with van der Waals surface area (Å²) in [5.41, 5.74) is 1.75. The van der Waals surface area contributed by atoms with Crippen molar-refractivity contribution >= 4 is 35.0 Å². The summed E-state index contributed by atoms with van der Waals surface area (Å²) >= 11 is 12.1. The monoisotopic (exact) mass is 446 g/mol. The number of hydrogen-bond acceptors (Lipinski definition) is 2. The van der Waals surface area contributed by atoms with E-state index in [9.17, 15) is 9.59 Å². The van der Waals surface area contributed by atoms with Gasteiger partial charge >= 0.3 is 0 Å². The second-order valence-electron chi connectivity index (χ2n) is 7.97. The van der Waals surface area contributed by atoms with Gasteiger partial charge in [-0.25, -0.2) is 0 Å². The first-order valence-electron chi connectivity index (χ1n) is 10.5. The SMILES string of the molecule is C[C@H](C(=O)NC1CCCCC1)N(Cc1ccc(Cl)cc1)C(=O)Cc1cccc(Cl)c1. The molecule has 1 fully saturated rings. The molecule has 1 aliphatic rings. The molecule has 3 rings (SSSR count). The van der Waals surface area contributed by atoms with Gasteiger partial charge in [-0.1, -0.05) is 66.7 Å². The van der Waals surface area contributed by atoms with Gasteiger partial charge in [0.15, 0.2) is 0 Å². The third-order valence-corrected chi connectivity index (χ3v) is 6.12. The number of carbonyl (C=O) groups is 2. The van der Waals surface area contributed by atoms with Crippen LogP contribution >= 0.6 is 23.2 Å². The van der Waals surface area contributed by atoms with Gasteiger partial charge in [0.25, 0.3) is 0 Å². The Hall–Kier alpha value is -2.04. The normalized spacial score (nSPS) is 15.4. The van der Waals surface area contributed by atoms with Crippen molar-refractivity contribution in [3.63, 3.8) is 0 Å². The molecule has 0 unspecified atom stereocenters. The second-order valence-corrected chi connectivity index (χ2v) is 8.85. The molecule has 1 aliphatic carbocycles. The molecule has 0 spiro atoms. The van der Waals surface area contributed by atoms with Gasteiger partial charge in [-0.2, -0.15) is 0 Å². The molecule has 0 saturated heterocycles. The minimum Gasteiger partial charge on any atom is -0.352 e. The lowest BCUT2D eigenvalue weighted by Gasteiger charge is -2.31. The van der Waals surface area contributed by atoms with E-state index in [4.69, 9.17) is 23.2 Å². The zero-order chi connectivity index (χ0) is 21.5. The van der Waals surface area contributed by atoms with E-state index in [0.717, 1.165) is 36.8 Å². The molecule has 0 aromatic heterocycles. The molecule has 2 aromatic rings. The Kier molecular flexibility index (Phi) is 8.17. The van der Waals surface area contributed by atoms with Gasteiger partial charge in [-0.3, -0.25) is 9.59 Å². The standard InChI is InChI=1S/C24H28Cl2N2O2/c1-17(24(30)27-22-8-3-2-4-9-22)28(16-18-10-12-20(25)13-11-18)23(29)15-19-6-5-7-21(26)14-19/h5-7,10-14,17,22H,2-4,8-9,15-16H2,1H3,(H,27,30)/t17-/m1/s1. The number of carbonyl (C=O) groups excluding carboxylic acids is 2. The van der Waals surface area contributed by atoms with Gasteiger partial charge in [-0.05, 0) is 55.2 Å². The molecular formula is C24H28Cl2N2O2. The van der Waals surface area contributed by atoms with Gasteiger partial charge < -0.3 is 10.2 Å². The topological polar surface area (TPSA) is 49.4 Å². The van der Waals surface area contributed by atoms with Gasteiger partial charge in [-0.15, -0.1) is 0 Å². The molecule has 0 radical (unpaired) electrons. The lowest BCUT2D eigenvalue weighted by atomic mass is 9.95. The van der Waals surface area contributed by atoms with E-state index in [0.29, 0.717) is 16.6 Å². The molecule has 1 atom stereocenters. The van der Waals surface area contributed by atoms with Crippen LogP contribution in [0.5, 0.6) is 0 Å². The van der Waals surface area contributed by atoms with Crippen LogP contribution in [0.1, 0.15) is 50.2 Å². The van der Waals surface area contributed by atoms with Crippen molar-refractivity contribution in [1.29, 1.82) is 0 Å². The molecule has 2 amide bonds.